The molecule has 104 valence electrons. The van der Waals surface area contributed by atoms with Crippen molar-refractivity contribution < 1.29 is 4.79 Å². The maximum absolute atomic E-state index is 12.0. The number of nitrogen functional groups attached to an aromatic ring is 1. The average Bonchev–Trinajstić information content (AvgIpc) is 2.42. The molecule has 0 spiro atoms. The fourth-order valence-electron chi connectivity index (χ4n) is 2.11. The van der Waals surface area contributed by atoms with Crippen LogP contribution in [0.15, 0.2) is 42.5 Å². The van der Waals surface area contributed by atoms with Crippen molar-refractivity contribution in [3.05, 3.63) is 59.2 Å². The molecule has 20 heavy (non-hydrogen) atoms. The molecule has 0 unspecified atom stereocenters. The molecule has 0 aliphatic carbocycles. The Balaban J connectivity index is 1.94. The number of benzene rings is 2. The van der Waals surface area contributed by atoms with Crippen molar-refractivity contribution in [2.45, 2.75) is 26.7 Å². The van der Waals surface area contributed by atoms with E-state index in [-0.39, 0.29) is 5.91 Å². The van der Waals surface area contributed by atoms with Crippen molar-refractivity contribution in [3.8, 4) is 0 Å². The average molecular weight is 268 g/mol. The number of amides is 1. The van der Waals surface area contributed by atoms with Gasteiger partial charge < -0.3 is 11.1 Å². The number of aryl methyl sites for hydroxylation is 2. The summed E-state index contributed by atoms with van der Waals surface area (Å²) in [5.74, 6) is 0.0288. The van der Waals surface area contributed by atoms with Crippen molar-refractivity contribution >= 4 is 17.3 Å². The summed E-state index contributed by atoms with van der Waals surface area (Å²) in [6, 6.07) is 13.6. The summed E-state index contributed by atoms with van der Waals surface area (Å²) in [5.41, 5.74) is 10.7. The molecule has 3 N–H and O–H groups in total. The van der Waals surface area contributed by atoms with E-state index in [0.717, 1.165) is 22.5 Å². The fourth-order valence-corrected chi connectivity index (χ4v) is 2.11. The lowest BCUT2D eigenvalue weighted by Gasteiger charge is -2.10. The largest absolute Gasteiger partial charge is 0.399 e. The zero-order valence-corrected chi connectivity index (χ0v) is 11.9. The molecule has 0 saturated heterocycles. The molecule has 3 nitrogen and oxygen atoms in total. The van der Waals surface area contributed by atoms with E-state index in [1.54, 1.807) is 0 Å². The number of nitrogens with one attached hydrogen (secondary N) is 1. The first-order valence-electron chi connectivity index (χ1n) is 6.77. The summed E-state index contributed by atoms with van der Waals surface area (Å²) in [7, 11) is 0. The van der Waals surface area contributed by atoms with E-state index in [1.807, 2.05) is 56.3 Å². The Morgan fingerprint density at radius 2 is 1.90 bits per heavy atom. The Labute approximate surface area is 119 Å². The number of rotatable bonds is 4. The molecule has 2 aromatic rings. The Kier molecular flexibility index (Phi) is 4.41. The smallest absolute Gasteiger partial charge is 0.224 e. The minimum atomic E-state index is 0.0288. The van der Waals surface area contributed by atoms with Crippen LogP contribution in [0.25, 0.3) is 0 Å². The van der Waals surface area contributed by atoms with Crippen molar-refractivity contribution in [3.63, 3.8) is 0 Å². The van der Waals surface area contributed by atoms with Crippen LogP contribution in [-0.2, 0) is 11.2 Å². The van der Waals surface area contributed by atoms with Gasteiger partial charge in [-0.05, 0) is 55.2 Å². The molecule has 0 saturated carbocycles. The third-order valence-electron chi connectivity index (χ3n) is 3.47. The summed E-state index contributed by atoms with van der Waals surface area (Å²) < 4.78 is 0. The second kappa shape index (κ2) is 6.24. The summed E-state index contributed by atoms with van der Waals surface area (Å²) >= 11 is 0. The standard InChI is InChI=1S/C17H20N2O/c1-12-5-3-8-16(13(12)2)19-17(20)10-9-14-6-4-7-15(18)11-14/h3-8,11H,9-10,18H2,1-2H3,(H,19,20). The minimum Gasteiger partial charge on any atom is -0.399 e. The predicted octanol–water partition coefficient (Wildman–Crippen LogP) is 3.46. The predicted molar refractivity (Wildman–Crippen MR) is 83.7 cm³/mol. The highest BCUT2D eigenvalue weighted by Crippen LogP contribution is 2.18. The van der Waals surface area contributed by atoms with Gasteiger partial charge >= 0.3 is 0 Å². The third kappa shape index (κ3) is 3.60. The van der Waals surface area contributed by atoms with Gasteiger partial charge in [-0.15, -0.1) is 0 Å². The summed E-state index contributed by atoms with van der Waals surface area (Å²) in [6.45, 7) is 4.06. The molecular formula is C17H20N2O. The van der Waals surface area contributed by atoms with E-state index < -0.39 is 0 Å². The first-order valence-corrected chi connectivity index (χ1v) is 6.77. The summed E-state index contributed by atoms with van der Waals surface area (Å²) in [6.07, 6.45) is 1.15. The molecule has 3 heteroatoms. The van der Waals surface area contributed by atoms with E-state index in [9.17, 15) is 4.79 Å². The van der Waals surface area contributed by atoms with Crippen LogP contribution in [-0.4, -0.2) is 5.91 Å². The lowest BCUT2D eigenvalue weighted by molar-refractivity contribution is -0.116. The lowest BCUT2D eigenvalue weighted by Crippen LogP contribution is -2.13. The zero-order valence-electron chi connectivity index (χ0n) is 11.9. The SMILES string of the molecule is Cc1cccc(NC(=O)CCc2cccc(N)c2)c1C. The number of hydrogen-bond acceptors (Lipinski definition) is 2. The van der Waals surface area contributed by atoms with E-state index in [1.165, 1.54) is 5.56 Å². The molecular weight excluding hydrogens is 248 g/mol. The van der Waals surface area contributed by atoms with Gasteiger partial charge in [-0.3, -0.25) is 4.79 Å². The number of hydrogen-bond donors (Lipinski definition) is 2. The summed E-state index contributed by atoms with van der Waals surface area (Å²) in [5, 5.41) is 2.97. The minimum absolute atomic E-state index is 0.0288. The molecule has 0 bridgehead atoms. The Hall–Kier alpha value is -2.29. The van der Waals surface area contributed by atoms with Crippen LogP contribution in [0, 0.1) is 13.8 Å². The second-order valence-electron chi connectivity index (χ2n) is 5.04. The zero-order chi connectivity index (χ0) is 14.5. The van der Waals surface area contributed by atoms with Crippen molar-refractivity contribution in [1.29, 1.82) is 0 Å². The molecule has 0 radical (unpaired) electrons. The fraction of sp³-hybridized carbons (Fsp3) is 0.235. The number of anilines is 2. The Bertz CT molecular complexity index is 620. The van der Waals surface area contributed by atoms with Gasteiger partial charge in [0.05, 0.1) is 0 Å². The number of nitrogens with two attached hydrogens (primary N) is 1. The van der Waals surface area contributed by atoms with Crippen LogP contribution in [0.4, 0.5) is 11.4 Å². The van der Waals surface area contributed by atoms with Crippen molar-refractivity contribution in [2.24, 2.45) is 0 Å². The molecule has 0 aromatic heterocycles. The number of carbonyl (C=O) groups excluding carboxylic acids is 1. The maximum atomic E-state index is 12.0. The van der Waals surface area contributed by atoms with Gasteiger partial charge in [0.25, 0.3) is 0 Å². The lowest BCUT2D eigenvalue weighted by atomic mass is 10.1. The van der Waals surface area contributed by atoms with Crippen LogP contribution in [0.3, 0.4) is 0 Å². The molecule has 1 amide bonds. The molecule has 0 fully saturated rings. The van der Waals surface area contributed by atoms with Gasteiger partial charge in [0, 0.05) is 17.8 Å². The quantitative estimate of drug-likeness (QED) is 0.834. The highest BCUT2D eigenvalue weighted by atomic mass is 16.1. The van der Waals surface area contributed by atoms with E-state index >= 15 is 0 Å². The first kappa shape index (κ1) is 14.1. The molecule has 0 aliphatic heterocycles. The highest BCUT2D eigenvalue weighted by Gasteiger charge is 2.06. The molecule has 0 atom stereocenters. The monoisotopic (exact) mass is 268 g/mol. The van der Waals surface area contributed by atoms with Gasteiger partial charge in [0.2, 0.25) is 5.91 Å². The Morgan fingerprint density at radius 1 is 1.15 bits per heavy atom. The van der Waals surface area contributed by atoms with Crippen LogP contribution in [0.1, 0.15) is 23.1 Å². The van der Waals surface area contributed by atoms with Crippen molar-refractivity contribution in [2.75, 3.05) is 11.1 Å². The molecule has 0 heterocycles. The topological polar surface area (TPSA) is 55.1 Å². The van der Waals surface area contributed by atoms with Crippen LogP contribution in [0.5, 0.6) is 0 Å². The second-order valence-corrected chi connectivity index (χ2v) is 5.04. The van der Waals surface area contributed by atoms with Gasteiger partial charge in [-0.1, -0.05) is 24.3 Å². The maximum Gasteiger partial charge on any atom is 0.224 e. The van der Waals surface area contributed by atoms with Crippen LogP contribution >= 0.6 is 0 Å². The normalized spacial score (nSPS) is 10.3. The van der Waals surface area contributed by atoms with Crippen LogP contribution < -0.4 is 11.1 Å². The van der Waals surface area contributed by atoms with E-state index in [2.05, 4.69) is 5.32 Å². The number of carbonyl (C=O) groups is 1. The molecule has 0 aliphatic rings. The van der Waals surface area contributed by atoms with Crippen molar-refractivity contribution in [1.82, 2.24) is 0 Å². The first-order chi connectivity index (χ1) is 9.56. The summed E-state index contributed by atoms with van der Waals surface area (Å²) in [4.78, 5) is 12.0. The van der Waals surface area contributed by atoms with E-state index in [4.69, 9.17) is 5.73 Å². The van der Waals surface area contributed by atoms with Gasteiger partial charge in [-0.25, -0.2) is 0 Å². The van der Waals surface area contributed by atoms with E-state index in [0.29, 0.717) is 12.8 Å². The molecule has 2 rings (SSSR count). The highest BCUT2D eigenvalue weighted by molar-refractivity contribution is 5.91. The molecule has 2 aromatic carbocycles. The third-order valence-corrected chi connectivity index (χ3v) is 3.47. The van der Waals surface area contributed by atoms with Gasteiger partial charge in [0.1, 0.15) is 0 Å². The van der Waals surface area contributed by atoms with Gasteiger partial charge in [-0.2, -0.15) is 0 Å². The van der Waals surface area contributed by atoms with Crippen LogP contribution in [0.2, 0.25) is 0 Å². The Morgan fingerprint density at radius 3 is 2.65 bits per heavy atom. The van der Waals surface area contributed by atoms with Gasteiger partial charge in [0.15, 0.2) is 0 Å².